The maximum absolute atomic E-state index is 12.4. The summed E-state index contributed by atoms with van der Waals surface area (Å²) in [5.41, 5.74) is 4.99. The lowest BCUT2D eigenvalue weighted by atomic mass is 10.2. The van der Waals surface area contributed by atoms with Crippen LogP contribution in [0.15, 0.2) is 83.1 Å². The Labute approximate surface area is 210 Å². The molecular weight excluding hydrogens is 493 g/mol. The summed E-state index contributed by atoms with van der Waals surface area (Å²) in [6.45, 7) is 0. The molecule has 1 N–H and O–H groups in total. The van der Waals surface area contributed by atoms with Crippen molar-refractivity contribution >= 4 is 47.1 Å². The number of ether oxygens (including phenoxy) is 1. The highest BCUT2D eigenvalue weighted by Crippen LogP contribution is 2.29. The number of thioether (sulfide) groups is 1. The number of hydrazone groups is 1. The Morgan fingerprint density at radius 2 is 1.82 bits per heavy atom. The predicted octanol–water partition coefficient (Wildman–Crippen LogP) is 5.49. The molecule has 0 spiro atoms. The fraction of sp³-hybridized carbons (Fsp3) is 0.0833. The summed E-state index contributed by atoms with van der Waals surface area (Å²) in [5.74, 6) is 1.23. The van der Waals surface area contributed by atoms with E-state index in [1.54, 1.807) is 25.3 Å². The van der Waals surface area contributed by atoms with Gasteiger partial charge in [0.1, 0.15) is 5.75 Å². The van der Waals surface area contributed by atoms with Crippen LogP contribution < -0.4 is 10.2 Å². The first-order valence-corrected chi connectivity index (χ1v) is 11.8. The van der Waals surface area contributed by atoms with E-state index in [1.165, 1.54) is 18.0 Å². The minimum atomic E-state index is -0.282. The van der Waals surface area contributed by atoms with Gasteiger partial charge in [0.25, 0.3) is 5.91 Å². The normalized spacial score (nSPS) is 11.0. The molecule has 0 aliphatic carbocycles. The van der Waals surface area contributed by atoms with Gasteiger partial charge in [0.05, 0.1) is 29.1 Å². The number of carbonyl (C=O) groups excluding carboxylic acids is 1. The van der Waals surface area contributed by atoms with Crippen molar-refractivity contribution in [3.63, 3.8) is 0 Å². The van der Waals surface area contributed by atoms with Crippen LogP contribution >= 0.6 is 35.0 Å². The molecular formula is C24H19Cl2N5O2S. The largest absolute Gasteiger partial charge is 0.497 e. The molecule has 1 amide bonds. The standard InChI is InChI=1S/C24H19Cl2N5O2S/c1-33-19-10-8-17(9-11-19)23-29-30-24(31(23)18-5-3-2-4-6-18)34-15-22(32)28-27-14-16-7-12-20(25)21(26)13-16/h2-14H,15H2,1H3,(H,28,32)/b27-14+. The molecule has 0 saturated heterocycles. The molecule has 0 saturated carbocycles. The van der Waals surface area contributed by atoms with Crippen LogP contribution in [0.5, 0.6) is 5.75 Å². The van der Waals surface area contributed by atoms with E-state index in [1.807, 2.05) is 59.2 Å². The maximum Gasteiger partial charge on any atom is 0.250 e. The molecule has 34 heavy (non-hydrogen) atoms. The van der Waals surface area contributed by atoms with Crippen molar-refractivity contribution in [2.24, 2.45) is 5.10 Å². The number of hydrogen-bond donors (Lipinski definition) is 1. The molecule has 3 aromatic carbocycles. The van der Waals surface area contributed by atoms with Crippen molar-refractivity contribution in [1.82, 2.24) is 20.2 Å². The maximum atomic E-state index is 12.4. The van der Waals surface area contributed by atoms with E-state index in [-0.39, 0.29) is 11.7 Å². The number of amides is 1. The Hall–Kier alpha value is -3.33. The molecule has 0 fully saturated rings. The zero-order valence-electron chi connectivity index (χ0n) is 18.0. The molecule has 0 unspecified atom stereocenters. The number of methoxy groups -OCH3 is 1. The first-order chi connectivity index (χ1) is 16.5. The van der Waals surface area contributed by atoms with Crippen LogP contribution in [0.25, 0.3) is 17.1 Å². The number of nitrogens with zero attached hydrogens (tertiary/aromatic N) is 4. The van der Waals surface area contributed by atoms with E-state index in [2.05, 4.69) is 20.7 Å². The van der Waals surface area contributed by atoms with Crippen molar-refractivity contribution in [3.8, 4) is 22.8 Å². The van der Waals surface area contributed by atoms with Gasteiger partial charge in [0, 0.05) is 11.3 Å². The molecule has 4 rings (SSSR count). The second-order valence-corrected chi connectivity index (χ2v) is 8.72. The lowest BCUT2D eigenvalue weighted by Gasteiger charge is -2.10. The van der Waals surface area contributed by atoms with Crippen molar-refractivity contribution in [2.75, 3.05) is 12.9 Å². The molecule has 0 atom stereocenters. The average Bonchev–Trinajstić information content (AvgIpc) is 3.29. The SMILES string of the molecule is COc1ccc(-c2nnc(SCC(=O)N/N=C/c3ccc(Cl)c(Cl)c3)n2-c2ccccc2)cc1. The third kappa shape index (κ3) is 5.77. The highest BCUT2D eigenvalue weighted by atomic mass is 35.5. The fourth-order valence-corrected chi connectivity index (χ4v) is 4.08. The molecule has 7 nitrogen and oxygen atoms in total. The van der Waals surface area contributed by atoms with Crippen LogP contribution in [0.1, 0.15) is 5.56 Å². The van der Waals surface area contributed by atoms with E-state index < -0.39 is 0 Å². The molecule has 10 heteroatoms. The summed E-state index contributed by atoms with van der Waals surface area (Å²) in [7, 11) is 1.62. The van der Waals surface area contributed by atoms with Gasteiger partial charge in [-0.1, -0.05) is 59.2 Å². The molecule has 172 valence electrons. The number of para-hydroxylation sites is 1. The second-order valence-electron chi connectivity index (χ2n) is 6.96. The number of halogens is 2. The second kappa shape index (κ2) is 11.2. The lowest BCUT2D eigenvalue weighted by Crippen LogP contribution is -2.20. The number of hydrogen-bond acceptors (Lipinski definition) is 6. The van der Waals surface area contributed by atoms with Gasteiger partial charge in [0.2, 0.25) is 0 Å². The highest BCUT2D eigenvalue weighted by Gasteiger charge is 2.17. The predicted molar refractivity (Wildman–Crippen MR) is 136 cm³/mol. The lowest BCUT2D eigenvalue weighted by molar-refractivity contribution is -0.118. The first kappa shape index (κ1) is 23.8. The minimum absolute atomic E-state index is 0.103. The van der Waals surface area contributed by atoms with E-state index in [9.17, 15) is 4.79 Å². The average molecular weight is 512 g/mol. The number of nitrogens with one attached hydrogen (secondary N) is 1. The van der Waals surface area contributed by atoms with Gasteiger partial charge in [-0.05, 0) is 54.1 Å². The topological polar surface area (TPSA) is 81.4 Å². The third-order valence-corrected chi connectivity index (χ3v) is 6.34. The monoisotopic (exact) mass is 511 g/mol. The Bertz CT molecular complexity index is 1310. The third-order valence-electron chi connectivity index (χ3n) is 4.67. The van der Waals surface area contributed by atoms with Gasteiger partial charge in [-0.15, -0.1) is 10.2 Å². The Kier molecular flexibility index (Phi) is 7.84. The van der Waals surface area contributed by atoms with E-state index in [0.29, 0.717) is 21.0 Å². The van der Waals surface area contributed by atoms with Gasteiger partial charge in [-0.25, -0.2) is 5.43 Å². The fourth-order valence-electron chi connectivity index (χ4n) is 3.03. The number of carbonyl (C=O) groups is 1. The Balaban J connectivity index is 1.49. The quantitative estimate of drug-likeness (QED) is 0.192. The summed E-state index contributed by atoms with van der Waals surface area (Å²) in [6.07, 6.45) is 1.50. The van der Waals surface area contributed by atoms with Crippen molar-refractivity contribution in [2.45, 2.75) is 5.16 Å². The van der Waals surface area contributed by atoms with Crippen LogP contribution in [0.3, 0.4) is 0 Å². The Morgan fingerprint density at radius 3 is 2.53 bits per heavy atom. The van der Waals surface area contributed by atoms with Crippen LogP contribution in [-0.4, -0.2) is 39.7 Å². The van der Waals surface area contributed by atoms with Crippen LogP contribution in [0.4, 0.5) is 0 Å². The zero-order valence-corrected chi connectivity index (χ0v) is 20.3. The van der Waals surface area contributed by atoms with Crippen LogP contribution in [0, 0.1) is 0 Å². The van der Waals surface area contributed by atoms with E-state index in [0.717, 1.165) is 22.6 Å². The molecule has 0 radical (unpaired) electrons. The van der Waals surface area contributed by atoms with Crippen molar-refractivity contribution < 1.29 is 9.53 Å². The van der Waals surface area contributed by atoms with Gasteiger partial charge in [-0.2, -0.15) is 5.10 Å². The highest BCUT2D eigenvalue weighted by molar-refractivity contribution is 7.99. The number of benzene rings is 3. The molecule has 1 heterocycles. The van der Waals surface area contributed by atoms with Crippen molar-refractivity contribution in [3.05, 3.63) is 88.4 Å². The summed E-state index contributed by atoms with van der Waals surface area (Å²) in [5, 5.41) is 14.1. The molecule has 1 aromatic heterocycles. The first-order valence-electron chi connectivity index (χ1n) is 10.1. The van der Waals surface area contributed by atoms with Gasteiger partial charge < -0.3 is 4.74 Å². The summed E-state index contributed by atoms with van der Waals surface area (Å²) >= 11 is 13.2. The van der Waals surface area contributed by atoms with Gasteiger partial charge in [-0.3, -0.25) is 9.36 Å². The van der Waals surface area contributed by atoms with E-state index in [4.69, 9.17) is 27.9 Å². The molecule has 4 aromatic rings. The van der Waals surface area contributed by atoms with E-state index >= 15 is 0 Å². The molecule has 0 aliphatic heterocycles. The minimum Gasteiger partial charge on any atom is -0.497 e. The summed E-state index contributed by atoms with van der Waals surface area (Å²) in [6, 6.07) is 22.4. The molecule has 0 bridgehead atoms. The molecule has 0 aliphatic rings. The van der Waals surface area contributed by atoms with Crippen LogP contribution in [-0.2, 0) is 4.79 Å². The Morgan fingerprint density at radius 1 is 1.06 bits per heavy atom. The smallest absolute Gasteiger partial charge is 0.250 e. The van der Waals surface area contributed by atoms with Crippen LogP contribution in [0.2, 0.25) is 10.0 Å². The zero-order chi connectivity index (χ0) is 23.9. The summed E-state index contributed by atoms with van der Waals surface area (Å²) < 4.78 is 7.16. The van der Waals surface area contributed by atoms with Gasteiger partial charge >= 0.3 is 0 Å². The number of rotatable bonds is 8. The van der Waals surface area contributed by atoms with Crippen molar-refractivity contribution in [1.29, 1.82) is 0 Å². The van der Waals surface area contributed by atoms with Gasteiger partial charge in [0.15, 0.2) is 11.0 Å². The number of aromatic nitrogens is 3. The summed E-state index contributed by atoms with van der Waals surface area (Å²) in [4.78, 5) is 12.4.